The highest BCUT2D eigenvalue weighted by Crippen LogP contribution is 2.20. The maximum absolute atomic E-state index is 13.2. The Morgan fingerprint density at radius 3 is 2.90 bits per heavy atom. The lowest BCUT2D eigenvalue weighted by Gasteiger charge is -2.13. The van der Waals surface area contributed by atoms with Crippen molar-refractivity contribution in [1.29, 1.82) is 0 Å². The smallest absolute Gasteiger partial charge is 0.123 e. The third-order valence-corrected chi connectivity index (χ3v) is 3.77. The van der Waals surface area contributed by atoms with Crippen LogP contribution >= 0.6 is 11.6 Å². The van der Waals surface area contributed by atoms with Gasteiger partial charge in [-0.3, -0.25) is 0 Å². The van der Waals surface area contributed by atoms with Crippen LogP contribution in [0.5, 0.6) is 0 Å². The van der Waals surface area contributed by atoms with E-state index in [4.69, 9.17) is 11.6 Å². The van der Waals surface area contributed by atoms with E-state index in [0.717, 1.165) is 11.0 Å². The molecule has 1 heterocycles. The molecule has 0 fully saturated rings. The fourth-order valence-electron chi connectivity index (χ4n) is 2.40. The van der Waals surface area contributed by atoms with Crippen molar-refractivity contribution >= 4 is 22.6 Å². The summed E-state index contributed by atoms with van der Waals surface area (Å²) in [5, 5.41) is 10.7. The molecular weight excluding hydrogens is 291 g/mol. The van der Waals surface area contributed by atoms with Crippen LogP contribution in [0.2, 0.25) is 5.02 Å². The number of para-hydroxylation sites is 2. The Balaban J connectivity index is 1.77. The number of fused-ring (bicyclic) bond motifs is 1. The van der Waals surface area contributed by atoms with Crippen molar-refractivity contribution < 1.29 is 9.50 Å². The van der Waals surface area contributed by atoms with Crippen LogP contribution in [0.15, 0.2) is 48.8 Å². The van der Waals surface area contributed by atoms with Gasteiger partial charge in [0.25, 0.3) is 0 Å². The van der Waals surface area contributed by atoms with Gasteiger partial charge in [0.1, 0.15) is 5.82 Å². The lowest BCUT2D eigenvalue weighted by atomic mass is 10.1. The van der Waals surface area contributed by atoms with E-state index in [9.17, 15) is 9.50 Å². The van der Waals surface area contributed by atoms with E-state index < -0.39 is 6.10 Å². The summed E-state index contributed by atoms with van der Waals surface area (Å²) in [5.74, 6) is -0.352. The Morgan fingerprint density at radius 1 is 1.24 bits per heavy atom. The number of hydrogen-bond donors (Lipinski definition) is 1. The molecule has 0 saturated heterocycles. The summed E-state index contributed by atoms with van der Waals surface area (Å²) in [6, 6.07) is 11.9. The Labute approximate surface area is 126 Å². The van der Waals surface area contributed by atoms with Crippen LogP contribution in [0.1, 0.15) is 5.56 Å². The van der Waals surface area contributed by atoms with Crippen molar-refractivity contribution in [3.63, 3.8) is 0 Å². The SMILES string of the molecule is OC(Cc1cc(F)ccc1Cl)Cn1cnc2ccccc21. The predicted molar refractivity (Wildman–Crippen MR) is 80.9 cm³/mol. The predicted octanol–water partition coefficient (Wildman–Crippen LogP) is 3.43. The second-order valence-electron chi connectivity index (χ2n) is 4.98. The monoisotopic (exact) mass is 304 g/mol. The van der Waals surface area contributed by atoms with Crippen LogP contribution in [0.4, 0.5) is 4.39 Å². The van der Waals surface area contributed by atoms with Crippen molar-refractivity contribution in [3.05, 3.63) is 65.2 Å². The molecule has 5 heteroatoms. The third kappa shape index (κ3) is 3.06. The zero-order chi connectivity index (χ0) is 14.8. The number of aromatic nitrogens is 2. The Kier molecular flexibility index (Phi) is 3.90. The molecule has 1 unspecified atom stereocenters. The Morgan fingerprint density at radius 2 is 2.05 bits per heavy atom. The van der Waals surface area contributed by atoms with Crippen LogP contribution in [0.25, 0.3) is 11.0 Å². The second-order valence-corrected chi connectivity index (χ2v) is 5.39. The standard InChI is InChI=1S/C16H14ClFN2O/c17-14-6-5-12(18)7-11(14)8-13(21)9-20-10-19-15-3-1-2-4-16(15)20/h1-7,10,13,21H,8-9H2. The lowest BCUT2D eigenvalue weighted by Crippen LogP contribution is -2.18. The topological polar surface area (TPSA) is 38.0 Å². The van der Waals surface area contributed by atoms with E-state index >= 15 is 0 Å². The molecule has 2 aromatic carbocycles. The molecule has 108 valence electrons. The maximum Gasteiger partial charge on any atom is 0.123 e. The van der Waals surface area contributed by atoms with E-state index in [1.165, 1.54) is 18.2 Å². The van der Waals surface area contributed by atoms with Crippen LogP contribution < -0.4 is 0 Å². The molecule has 0 amide bonds. The molecule has 0 saturated carbocycles. The van der Waals surface area contributed by atoms with Crippen LogP contribution in [-0.2, 0) is 13.0 Å². The highest BCUT2D eigenvalue weighted by atomic mass is 35.5. The zero-order valence-corrected chi connectivity index (χ0v) is 12.0. The summed E-state index contributed by atoms with van der Waals surface area (Å²) in [6.45, 7) is 0.382. The first-order valence-corrected chi connectivity index (χ1v) is 7.03. The van der Waals surface area contributed by atoms with Gasteiger partial charge in [-0.1, -0.05) is 23.7 Å². The van der Waals surface area contributed by atoms with E-state index in [1.807, 2.05) is 28.8 Å². The van der Waals surface area contributed by atoms with Gasteiger partial charge in [-0.25, -0.2) is 9.37 Å². The molecule has 1 atom stereocenters. The first-order chi connectivity index (χ1) is 10.1. The average molecular weight is 305 g/mol. The number of benzene rings is 2. The molecule has 21 heavy (non-hydrogen) atoms. The van der Waals surface area contributed by atoms with Gasteiger partial charge in [0.2, 0.25) is 0 Å². The first kappa shape index (κ1) is 14.0. The van der Waals surface area contributed by atoms with Crippen LogP contribution in [0.3, 0.4) is 0 Å². The quantitative estimate of drug-likeness (QED) is 0.802. The van der Waals surface area contributed by atoms with Gasteiger partial charge in [0.05, 0.1) is 30.0 Å². The molecule has 0 aliphatic rings. The largest absolute Gasteiger partial charge is 0.391 e. The minimum atomic E-state index is -0.665. The van der Waals surface area contributed by atoms with E-state index in [1.54, 1.807) is 6.33 Å². The number of rotatable bonds is 4. The van der Waals surface area contributed by atoms with Gasteiger partial charge in [0.15, 0.2) is 0 Å². The van der Waals surface area contributed by atoms with Crippen molar-refractivity contribution in [3.8, 4) is 0 Å². The zero-order valence-electron chi connectivity index (χ0n) is 11.2. The minimum Gasteiger partial charge on any atom is -0.391 e. The van der Waals surface area contributed by atoms with E-state index in [2.05, 4.69) is 4.98 Å². The normalized spacial score (nSPS) is 12.7. The fourth-order valence-corrected chi connectivity index (χ4v) is 2.60. The van der Waals surface area contributed by atoms with Crippen molar-refractivity contribution in [2.75, 3.05) is 0 Å². The van der Waals surface area contributed by atoms with Crippen molar-refractivity contribution in [2.45, 2.75) is 19.1 Å². The molecule has 3 rings (SSSR count). The number of halogens is 2. The number of aliphatic hydroxyl groups excluding tert-OH is 1. The maximum atomic E-state index is 13.2. The van der Waals surface area contributed by atoms with Gasteiger partial charge in [-0.15, -0.1) is 0 Å². The number of imidazole rings is 1. The van der Waals surface area contributed by atoms with Gasteiger partial charge in [0, 0.05) is 11.4 Å². The van der Waals surface area contributed by atoms with Crippen molar-refractivity contribution in [2.24, 2.45) is 0 Å². The number of aliphatic hydroxyl groups is 1. The molecule has 3 nitrogen and oxygen atoms in total. The summed E-state index contributed by atoms with van der Waals surface area (Å²) in [4.78, 5) is 4.28. The summed E-state index contributed by atoms with van der Waals surface area (Å²) >= 11 is 6.02. The highest BCUT2D eigenvalue weighted by molar-refractivity contribution is 6.31. The van der Waals surface area contributed by atoms with Gasteiger partial charge >= 0.3 is 0 Å². The van der Waals surface area contributed by atoms with Gasteiger partial charge in [-0.2, -0.15) is 0 Å². The van der Waals surface area contributed by atoms with Gasteiger partial charge in [-0.05, 0) is 35.9 Å². The minimum absolute atomic E-state index is 0.295. The van der Waals surface area contributed by atoms with Crippen LogP contribution in [-0.4, -0.2) is 20.8 Å². The van der Waals surface area contributed by atoms with Crippen LogP contribution in [0, 0.1) is 5.82 Å². The molecule has 0 aliphatic heterocycles. The molecule has 0 spiro atoms. The van der Waals surface area contributed by atoms with Crippen molar-refractivity contribution in [1.82, 2.24) is 9.55 Å². The molecule has 0 aliphatic carbocycles. The molecular formula is C16H14ClFN2O. The molecule has 0 bridgehead atoms. The Bertz CT molecular complexity index is 772. The fraction of sp³-hybridized carbons (Fsp3) is 0.188. The summed E-state index contributed by atoms with van der Waals surface area (Å²) in [6.07, 6.45) is 1.33. The molecule has 1 N–H and O–H groups in total. The summed E-state index contributed by atoms with van der Waals surface area (Å²) in [5.41, 5.74) is 2.45. The van der Waals surface area contributed by atoms with Gasteiger partial charge < -0.3 is 9.67 Å². The summed E-state index contributed by atoms with van der Waals surface area (Å²) < 4.78 is 15.1. The second kappa shape index (κ2) is 5.84. The van der Waals surface area contributed by atoms with E-state index in [0.29, 0.717) is 23.6 Å². The third-order valence-electron chi connectivity index (χ3n) is 3.40. The number of hydrogen-bond acceptors (Lipinski definition) is 2. The van der Waals surface area contributed by atoms with E-state index in [-0.39, 0.29) is 5.82 Å². The number of nitrogens with zero attached hydrogens (tertiary/aromatic N) is 2. The molecule has 0 radical (unpaired) electrons. The lowest BCUT2D eigenvalue weighted by molar-refractivity contribution is 0.155. The molecule has 3 aromatic rings. The highest BCUT2D eigenvalue weighted by Gasteiger charge is 2.12. The molecule has 1 aromatic heterocycles. The Hall–Kier alpha value is -1.91. The first-order valence-electron chi connectivity index (χ1n) is 6.65. The summed E-state index contributed by atoms with van der Waals surface area (Å²) in [7, 11) is 0. The average Bonchev–Trinajstić information content (AvgIpc) is 2.86.